The van der Waals surface area contributed by atoms with E-state index in [1.807, 2.05) is 42.5 Å². The van der Waals surface area contributed by atoms with Gasteiger partial charge in [-0.15, -0.1) is 12.4 Å². The molecule has 1 unspecified atom stereocenters. The Morgan fingerprint density at radius 1 is 1.00 bits per heavy atom. The summed E-state index contributed by atoms with van der Waals surface area (Å²) in [6, 6.07) is 15.4. The molecule has 0 aromatic heterocycles. The van der Waals surface area contributed by atoms with Gasteiger partial charge in [-0.3, -0.25) is 4.90 Å². The molecule has 0 aliphatic carbocycles. The molecule has 0 radical (unpaired) electrons. The number of hydrogen-bond acceptors (Lipinski definition) is 6. The zero-order valence-electron chi connectivity index (χ0n) is 17.2. The van der Waals surface area contributed by atoms with Crippen molar-refractivity contribution in [1.29, 1.82) is 0 Å². The number of anilines is 1. The van der Waals surface area contributed by atoms with E-state index in [-0.39, 0.29) is 12.4 Å². The molecule has 1 fully saturated rings. The Morgan fingerprint density at radius 2 is 1.73 bits per heavy atom. The summed E-state index contributed by atoms with van der Waals surface area (Å²) in [4.78, 5) is 4.59. The molecule has 166 valence electrons. The molecule has 2 aromatic carbocycles. The maximum absolute atomic E-state index is 10.3. The maximum Gasteiger partial charge on any atom is 0.123 e. The van der Waals surface area contributed by atoms with Gasteiger partial charge < -0.3 is 24.2 Å². The summed E-state index contributed by atoms with van der Waals surface area (Å²) < 4.78 is 16.4. The molecule has 3 rings (SSSR count). The van der Waals surface area contributed by atoms with Crippen LogP contribution in [0, 0.1) is 0 Å². The molecule has 0 amide bonds. The second-order valence-electron chi connectivity index (χ2n) is 7.02. The van der Waals surface area contributed by atoms with Crippen molar-refractivity contribution in [2.75, 3.05) is 64.6 Å². The van der Waals surface area contributed by atoms with Gasteiger partial charge in [-0.25, -0.2) is 0 Å². The van der Waals surface area contributed by atoms with Gasteiger partial charge in [0.25, 0.3) is 0 Å². The lowest BCUT2D eigenvalue weighted by Gasteiger charge is -2.36. The van der Waals surface area contributed by atoms with Crippen molar-refractivity contribution in [3.8, 4) is 11.5 Å². The van der Waals surface area contributed by atoms with Gasteiger partial charge in [0.15, 0.2) is 0 Å². The summed E-state index contributed by atoms with van der Waals surface area (Å²) in [5.41, 5.74) is 1.15. The lowest BCUT2D eigenvalue weighted by Crippen LogP contribution is -2.49. The number of methoxy groups -OCH3 is 1. The van der Waals surface area contributed by atoms with Crippen LogP contribution in [0.25, 0.3) is 0 Å². The number of rotatable bonds is 10. The Labute approximate surface area is 189 Å². The van der Waals surface area contributed by atoms with Crippen LogP contribution >= 0.6 is 24.0 Å². The third-order valence-corrected chi connectivity index (χ3v) is 5.10. The molecule has 1 atom stereocenters. The fourth-order valence-electron chi connectivity index (χ4n) is 3.34. The SMILES string of the molecule is COc1cccc(OCCOCC(O)CN2CCN(c3cccc(Cl)c3)CC2)c1.Cl. The van der Waals surface area contributed by atoms with E-state index in [1.54, 1.807) is 7.11 Å². The lowest BCUT2D eigenvalue weighted by molar-refractivity contribution is 0.00717. The molecule has 1 aliphatic heterocycles. The van der Waals surface area contributed by atoms with Crippen LogP contribution in [0.1, 0.15) is 0 Å². The van der Waals surface area contributed by atoms with Crippen LogP contribution in [0.5, 0.6) is 11.5 Å². The first-order valence-corrected chi connectivity index (χ1v) is 10.3. The standard InChI is InChI=1S/C22H29ClN2O4.ClH/c1-27-21-6-3-7-22(15-21)29-13-12-28-17-20(26)16-24-8-10-25(11-9-24)19-5-2-4-18(23)14-19;/h2-7,14-15,20,26H,8-13,16-17H2,1H3;1H. The third-order valence-electron chi connectivity index (χ3n) is 4.86. The van der Waals surface area contributed by atoms with Crippen molar-refractivity contribution >= 4 is 29.7 Å². The normalized spacial score (nSPS) is 15.4. The molecule has 2 aromatic rings. The Morgan fingerprint density at radius 3 is 2.47 bits per heavy atom. The van der Waals surface area contributed by atoms with Crippen molar-refractivity contribution in [3.63, 3.8) is 0 Å². The zero-order chi connectivity index (χ0) is 20.5. The Hall–Kier alpha value is -1.70. The monoisotopic (exact) mass is 456 g/mol. The summed E-state index contributed by atoms with van der Waals surface area (Å²) in [6.07, 6.45) is -0.510. The van der Waals surface area contributed by atoms with Gasteiger partial charge >= 0.3 is 0 Å². The number of aliphatic hydroxyl groups is 1. The van der Waals surface area contributed by atoms with Crippen LogP contribution in [0.15, 0.2) is 48.5 Å². The molecule has 30 heavy (non-hydrogen) atoms. The van der Waals surface area contributed by atoms with Crippen LogP contribution in [0.2, 0.25) is 5.02 Å². The molecule has 6 nitrogen and oxygen atoms in total. The highest BCUT2D eigenvalue weighted by atomic mass is 35.5. The lowest BCUT2D eigenvalue weighted by atomic mass is 10.2. The first-order chi connectivity index (χ1) is 14.1. The van der Waals surface area contributed by atoms with Gasteiger partial charge in [0, 0.05) is 49.5 Å². The largest absolute Gasteiger partial charge is 0.497 e. The predicted octanol–water partition coefficient (Wildman–Crippen LogP) is 3.35. The maximum atomic E-state index is 10.3. The first kappa shape index (κ1) is 24.6. The average Bonchev–Trinajstić information content (AvgIpc) is 2.74. The number of ether oxygens (including phenoxy) is 3. The van der Waals surface area contributed by atoms with Gasteiger partial charge in [-0.1, -0.05) is 23.7 Å². The van der Waals surface area contributed by atoms with E-state index in [0.29, 0.717) is 26.4 Å². The molecule has 1 saturated heterocycles. The molecule has 1 heterocycles. The minimum Gasteiger partial charge on any atom is -0.497 e. The van der Waals surface area contributed by atoms with Crippen LogP contribution < -0.4 is 14.4 Å². The summed E-state index contributed by atoms with van der Waals surface area (Å²) in [7, 11) is 1.63. The van der Waals surface area contributed by atoms with E-state index >= 15 is 0 Å². The second-order valence-corrected chi connectivity index (χ2v) is 7.46. The molecular weight excluding hydrogens is 427 g/mol. The fraction of sp³-hybridized carbons (Fsp3) is 0.455. The zero-order valence-corrected chi connectivity index (χ0v) is 18.8. The van der Waals surface area contributed by atoms with E-state index in [1.165, 1.54) is 0 Å². The third kappa shape index (κ3) is 7.85. The van der Waals surface area contributed by atoms with E-state index in [2.05, 4.69) is 15.9 Å². The van der Waals surface area contributed by atoms with Crippen molar-refractivity contribution < 1.29 is 19.3 Å². The van der Waals surface area contributed by atoms with E-state index in [9.17, 15) is 5.11 Å². The predicted molar refractivity (Wildman–Crippen MR) is 123 cm³/mol. The summed E-state index contributed by atoms with van der Waals surface area (Å²) in [5, 5.41) is 11.0. The number of halogens is 2. The van der Waals surface area contributed by atoms with E-state index in [4.69, 9.17) is 25.8 Å². The van der Waals surface area contributed by atoms with Gasteiger partial charge in [0.2, 0.25) is 0 Å². The van der Waals surface area contributed by atoms with Crippen molar-refractivity contribution in [2.24, 2.45) is 0 Å². The molecule has 0 bridgehead atoms. The fourth-order valence-corrected chi connectivity index (χ4v) is 3.53. The van der Waals surface area contributed by atoms with Crippen molar-refractivity contribution in [2.45, 2.75) is 6.10 Å². The summed E-state index contributed by atoms with van der Waals surface area (Å²) in [6.45, 7) is 5.42. The smallest absolute Gasteiger partial charge is 0.123 e. The minimum absolute atomic E-state index is 0. The van der Waals surface area contributed by atoms with Gasteiger partial charge in [-0.05, 0) is 30.3 Å². The number of nitrogens with zero attached hydrogens (tertiary/aromatic N) is 2. The second kappa shape index (κ2) is 12.9. The highest BCUT2D eigenvalue weighted by molar-refractivity contribution is 6.30. The van der Waals surface area contributed by atoms with Crippen LogP contribution in [0.3, 0.4) is 0 Å². The number of piperazine rings is 1. The highest BCUT2D eigenvalue weighted by Crippen LogP contribution is 2.21. The number of benzene rings is 2. The number of aliphatic hydroxyl groups excluding tert-OH is 1. The Bertz CT molecular complexity index is 757. The topological polar surface area (TPSA) is 54.4 Å². The molecular formula is C22H30Cl2N2O4. The van der Waals surface area contributed by atoms with E-state index in [0.717, 1.165) is 48.4 Å². The quantitative estimate of drug-likeness (QED) is 0.553. The molecule has 1 N–H and O–H groups in total. The number of hydrogen-bond donors (Lipinski definition) is 1. The average molecular weight is 457 g/mol. The summed E-state index contributed by atoms with van der Waals surface area (Å²) in [5.74, 6) is 1.50. The molecule has 8 heteroatoms. The minimum atomic E-state index is -0.510. The molecule has 0 spiro atoms. The molecule has 1 aliphatic rings. The molecule has 0 saturated carbocycles. The van der Waals surface area contributed by atoms with Crippen LogP contribution in [0.4, 0.5) is 5.69 Å². The van der Waals surface area contributed by atoms with Gasteiger partial charge in [-0.2, -0.15) is 0 Å². The number of β-amino-alcohol motifs (C(OH)–C–C–N with tert-alkyl or cyclic N) is 1. The van der Waals surface area contributed by atoms with Crippen molar-refractivity contribution in [1.82, 2.24) is 4.90 Å². The first-order valence-electron chi connectivity index (χ1n) is 9.89. The Kier molecular flexibility index (Phi) is 10.5. The van der Waals surface area contributed by atoms with Crippen LogP contribution in [-0.2, 0) is 4.74 Å². The highest BCUT2D eigenvalue weighted by Gasteiger charge is 2.19. The summed E-state index contributed by atoms with van der Waals surface area (Å²) >= 11 is 6.08. The van der Waals surface area contributed by atoms with Crippen molar-refractivity contribution in [3.05, 3.63) is 53.6 Å². The Balaban J connectivity index is 0.00000320. The van der Waals surface area contributed by atoms with Gasteiger partial charge in [0.1, 0.15) is 18.1 Å². The van der Waals surface area contributed by atoms with Gasteiger partial charge in [0.05, 0.1) is 26.4 Å². The van der Waals surface area contributed by atoms with Crippen LogP contribution in [-0.4, -0.2) is 75.8 Å². The van der Waals surface area contributed by atoms with E-state index < -0.39 is 6.10 Å².